The van der Waals surface area contributed by atoms with E-state index in [0.29, 0.717) is 6.04 Å². The quantitative estimate of drug-likeness (QED) is 0.714. The first-order valence-corrected chi connectivity index (χ1v) is 5.30. The number of rotatable bonds is 5. The zero-order valence-electron chi connectivity index (χ0n) is 8.41. The lowest BCUT2D eigenvalue weighted by molar-refractivity contribution is -0.00489. The van der Waals surface area contributed by atoms with Gasteiger partial charge < -0.3 is 10.1 Å². The largest absolute Gasteiger partial charge is 0.378 e. The van der Waals surface area contributed by atoms with Crippen LogP contribution in [0.1, 0.15) is 12.0 Å². The molecule has 1 saturated heterocycles. The molecule has 0 unspecified atom stereocenters. The molecule has 76 valence electrons. The Hall–Kier alpha value is -0.860. The molecular formula is C12H17NO. The molecule has 0 amide bonds. The SMILES string of the molecule is c1ccc(CCCNC2COC2)cc1. The Bertz CT molecular complexity index is 256. The Labute approximate surface area is 85.3 Å². The van der Waals surface area contributed by atoms with Crippen LogP contribution in [-0.2, 0) is 11.2 Å². The van der Waals surface area contributed by atoms with E-state index >= 15 is 0 Å². The minimum absolute atomic E-state index is 0.616. The number of hydrogen-bond donors (Lipinski definition) is 1. The lowest BCUT2D eigenvalue weighted by Gasteiger charge is -2.26. The van der Waals surface area contributed by atoms with Crippen LogP contribution >= 0.6 is 0 Å². The molecule has 1 aromatic rings. The van der Waals surface area contributed by atoms with Gasteiger partial charge in [0.05, 0.1) is 19.3 Å². The van der Waals surface area contributed by atoms with Gasteiger partial charge in [0.2, 0.25) is 0 Å². The summed E-state index contributed by atoms with van der Waals surface area (Å²) in [7, 11) is 0. The number of benzene rings is 1. The van der Waals surface area contributed by atoms with Crippen LogP contribution in [0.2, 0.25) is 0 Å². The van der Waals surface area contributed by atoms with Crippen molar-refractivity contribution in [3.8, 4) is 0 Å². The first-order chi connectivity index (χ1) is 6.95. The maximum atomic E-state index is 5.09. The lowest BCUT2D eigenvalue weighted by atomic mass is 10.1. The van der Waals surface area contributed by atoms with Gasteiger partial charge in [-0.1, -0.05) is 30.3 Å². The van der Waals surface area contributed by atoms with Gasteiger partial charge in [0.25, 0.3) is 0 Å². The molecule has 1 heterocycles. The van der Waals surface area contributed by atoms with Gasteiger partial charge in [0, 0.05) is 0 Å². The molecule has 1 aliphatic heterocycles. The monoisotopic (exact) mass is 191 g/mol. The summed E-state index contributed by atoms with van der Waals surface area (Å²) in [5, 5.41) is 3.46. The molecular weight excluding hydrogens is 174 g/mol. The van der Waals surface area contributed by atoms with E-state index in [4.69, 9.17) is 4.74 Å². The van der Waals surface area contributed by atoms with Crippen molar-refractivity contribution in [1.82, 2.24) is 5.32 Å². The van der Waals surface area contributed by atoms with Gasteiger partial charge in [0.1, 0.15) is 0 Å². The van der Waals surface area contributed by atoms with Crippen molar-refractivity contribution < 1.29 is 4.74 Å². The van der Waals surface area contributed by atoms with Crippen LogP contribution in [0.25, 0.3) is 0 Å². The Kier molecular flexibility index (Phi) is 3.55. The number of aryl methyl sites for hydroxylation is 1. The highest BCUT2D eigenvalue weighted by Crippen LogP contribution is 2.03. The molecule has 0 spiro atoms. The van der Waals surface area contributed by atoms with Crippen molar-refractivity contribution >= 4 is 0 Å². The summed E-state index contributed by atoms with van der Waals surface area (Å²) in [5.74, 6) is 0. The number of ether oxygens (including phenoxy) is 1. The van der Waals surface area contributed by atoms with Gasteiger partial charge in [-0.25, -0.2) is 0 Å². The highest BCUT2D eigenvalue weighted by Gasteiger charge is 2.16. The Morgan fingerprint density at radius 1 is 1.21 bits per heavy atom. The minimum Gasteiger partial charge on any atom is -0.378 e. The topological polar surface area (TPSA) is 21.3 Å². The first-order valence-electron chi connectivity index (χ1n) is 5.30. The summed E-state index contributed by atoms with van der Waals surface area (Å²) in [5.41, 5.74) is 1.43. The van der Waals surface area contributed by atoms with Gasteiger partial charge in [-0.05, 0) is 24.9 Å². The predicted molar refractivity (Wildman–Crippen MR) is 57.4 cm³/mol. The molecule has 14 heavy (non-hydrogen) atoms. The molecule has 1 aromatic carbocycles. The average Bonchev–Trinajstić information content (AvgIpc) is 2.16. The third kappa shape index (κ3) is 2.82. The van der Waals surface area contributed by atoms with Crippen molar-refractivity contribution in [2.24, 2.45) is 0 Å². The molecule has 0 radical (unpaired) electrons. The van der Waals surface area contributed by atoms with Crippen molar-refractivity contribution in [1.29, 1.82) is 0 Å². The summed E-state index contributed by atoms with van der Waals surface area (Å²) < 4.78 is 5.09. The highest BCUT2D eigenvalue weighted by molar-refractivity contribution is 5.14. The van der Waals surface area contributed by atoms with Crippen molar-refractivity contribution in [3.63, 3.8) is 0 Å². The Balaban J connectivity index is 1.58. The van der Waals surface area contributed by atoms with Crippen molar-refractivity contribution in [3.05, 3.63) is 35.9 Å². The lowest BCUT2D eigenvalue weighted by Crippen LogP contribution is -2.46. The first kappa shape index (κ1) is 9.69. The second-order valence-corrected chi connectivity index (χ2v) is 3.78. The Morgan fingerprint density at radius 3 is 2.64 bits per heavy atom. The van der Waals surface area contributed by atoms with E-state index in [0.717, 1.165) is 19.8 Å². The average molecular weight is 191 g/mol. The molecule has 0 aromatic heterocycles. The molecule has 2 heteroatoms. The third-order valence-electron chi connectivity index (χ3n) is 2.56. The number of hydrogen-bond acceptors (Lipinski definition) is 2. The van der Waals surface area contributed by atoms with Crippen LogP contribution in [0.15, 0.2) is 30.3 Å². The van der Waals surface area contributed by atoms with Crippen molar-refractivity contribution in [2.45, 2.75) is 18.9 Å². The zero-order chi connectivity index (χ0) is 9.64. The van der Waals surface area contributed by atoms with Gasteiger partial charge >= 0.3 is 0 Å². The van der Waals surface area contributed by atoms with Crippen LogP contribution in [0.5, 0.6) is 0 Å². The maximum Gasteiger partial charge on any atom is 0.0643 e. The summed E-state index contributed by atoms with van der Waals surface area (Å²) in [6.45, 7) is 2.89. The zero-order valence-corrected chi connectivity index (χ0v) is 8.41. The van der Waals surface area contributed by atoms with Gasteiger partial charge in [-0.2, -0.15) is 0 Å². The van der Waals surface area contributed by atoms with E-state index in [9.17, 15) is 0 Å². The Morgan fingerprint density at radius 2 is 2.00 bits per heavy atom. The van der Waals surface area contributed by atoms with Crippen LogP contribution in [0.3, 0.4) is 0 Å². The fourth-order valence-electron chi connectivity index (χ4n) is 1.60. The van der Waals surface area contributed by atoms with Crippen LogP contribution in [0.4, 0.5) is 0 Å². The van der Waals surface area contributed by atoms with E-state index in [-0.39, 0.29) is 0 Å². The molecule has 1 fully saturated rings. The predicted octanol–water partition coefficient (Wildman–Crippen LogP) is 1.61. The van der Waals surface area contributed by atoms with Crippen LogP contribution in [0, 0.1) is 0 Å². The third-order valence-corrected chi connectivity index (χ3v) is 2.56. The smallest absolute Gasteiger partial charge is 0.0643 e. The second-order valence-electron chi connectivity index (χ2n) is 3.78. The fourth-order valence-corrected chi connectivity index (χ4v) is 1.60. The van der Waals surface area contributed by atoms with E-state index in [1.807, 2.05) is 0 Å². The molecule has 0 saturated carbocycles. The van der Waals surface area contributed by atoms with E-state index in [2.05, 4.69) is 35.6 Å². The molecule has 2 rings (SSSR count). The highest BCUT2D eigenvalue weighted by atomic mass is 16.5. The molecule has 1 N–H and O–H groups in total. The standard InChI is InChI=1S/C12H17NO/c1-2-5-11(6-3-1)7-4-8-13-12-9-14-10-12/h1-3,5-6,12-13H,4,7-10H2. The fraction of sp³-hybridized carbons (Fsp3) is 0.500. The number of nitrogens with one attached hydrogen (secondary N) is 1. The normalized spacial score (nSPS) is 16.6. The molecule has 1 aliphatic rings. The van der Waals surface area contributed by atoms with Crippen LogP contribution < -0.4 is 5.32 Å². The molecule has 0 bridgehead atoms. The van der Waals surface area contributed by atoms with Gasteiger partial charge in [0.15, 0.2) is 0 Å². The second kappa shape index (κ2) is 5.13. The van der Waals surface area contributed by atoms with Gasteiger partial charge in [-0.3, -0.25) is 0 Å². The molecule has 2 nitrogen and oxygen atoms in total. The summed E-state index contributed by atoms with van der Waals surface area (Å²) in [4.78, 5) is 0. The minimum atomic E-state index is 0.616. The van der Waals surface area contributed by atoms with Gasteiger partial charge in [-0.15, -0.1) is 0 Å². The molecule has 0 atom stereocenters. The maximum absolute atomic E-state index is 5.09. The van der Waals surface area contributed by atoms with E-state index in [1.54, 1.807) is 0 Å². The van der Waals surface area contributed by atoms with E-state index < -0.39 is 0 Å². The van der Waals surface area contributed by atoms with E-state index in [1.165, 1.54) is 18.4 Å². The summed E-state index contributed by atoms with van der Waals surface area (Å²) >= 11 is 0. The van der Waals surface area contributed by atoms with Crippen LogP contribution in [-0.4, -0.2) is 25.8 Å². The van der Waals surface area contributed by atoms with Crippen molar-refractivity contribution in [2.75, 3.05) is 19.8 Å². The summed E-state index contributed by atoms with van der Waals surface area (Å²) in [6.07, 6.45) is 2.38. The molecule has 0 aliphatic carbocycles. The summed E-state index contributed by atoms with van der Waals surface area (Å²) in [6, 6.07) is 11.3.